The van der Waals surface area contributed by atoms with E-state index in [1.54, 1.807) is 0 Å². The van der Waals surface area contributed by atoms with Gasteiger partial charge in [0.05, 0.1) is 0 Å². The first-order valence-electron chi connectivity index (χ1n) is 9.81. The maximum absolute atomic E-state index is 6.15. The van der Waals surface area contributed by atoms with Crippen molar-refractivity contribution in [1.82, 2.24) is 5.32 Å². The summed E-state index contributed by atoms with van der Waals surface area (Å²) in [6.07, 6.45) is 9.57. The Hall–Kier alpha value is -1.80. The summed E-state index contributed by atoms with van der Waals surface area (Å²) in [4.78, 5) is 0. The highest BCUT2D eigenvalue weighted by atomic mass is 16.5. The largest absolute Gasteiger partial charge is 0.489 e. The highest BCUT2D eigenvalue weighted by Crippen LogP contribution is 2.22. The molecule has 1 aliphatic carbocycles. The molecular formula is C23H31NO. The Balaban J connectivity index is 1.57. The lowest BCUT2D eigenvalue weighted by Crippen LogP contribution is -2.29. The minimum Gasteiger partial charge on any atom is -0.489 e. The van der Waals surface area contributed by atoms with E-state index in [1.807, 2.05) is 0 Å². The molecule has 25 heavy (non-hydrogen) atoms. The normalized spacial score (nSPS) is 16.2. The molecule has 134 valence electrons. The van der Waals surface area contributed by atoms with Crippen LogP contribution in [0, 0.1) is 6.92 Å². The van der Waals surface area contributed by atoms with Gasteiger partial charge in [-0.15, -0.1) is 0 Å². The lowest BCUT2D eigenvalue weighted by Gasteiger charge is -2.22. The van der Waals surface area contributed by atoms with Gasteiger partial charge in [-0.1, -0.05) is 74.6 Å². The summed E-state index contributed by atoms with van der Waals surface area (Å²) in [5, 5.41) is 3.78. The Kier molecular flexibility index (Phi) is 6.93. The van der Waals surface area contributed by atoms with Crippen LogP contribution in [0.1, 0.15) is 61.6 Å². The summed E-state index contributed by atoms with van der Waals surface area (Å²) in [5.41, 5.74) is 3.80. The second-order valence-electron chi connectivity index (χ2n) is 7.25. The summed E-state index contributed by atoms with van der Waals surface area (Å²) >= 11 is 0. The zero-order valence-electron chi connectivity index (χ0n) is 15.5. The van der Waals surface area contributed by atoms with Gasteiger partial charge in [0.25, 0.3) is 0 Å². The van der Waals surface area contributed by atoms with Crippen LogP contribution in [0.3, 0.4) is 0 Å². The van der Waals surface area contributed by atoms with Gasteiger partial charge < -0.3 is 10.1 Å². The predicted octanol–water partition coefficient (Wildman–Crippen LogP) is 5.78. The second-order valence-corrected chi connectivity index (χ2v) is 7.25. The highest BCUT2D eigenvalue weighted by Gasteiger charge is 2.12. The third kappa shape index (κ3) is 5.61. The van der Waals surface area contributed by atoms with Crippen molar-refractivity contribution in [2.75, 3.05) is 0 Å². The fourth-order valence-electron chi connectivity index (χ4n) is 3.63. The topological polar surface area (TPSA) is 21.3 Å². The number of hydrogen-bond donors (Lipinski definition) is 1. The van der Waals surface area contributed by atoms with Crippen LogP contribution >= 0.6 is 0 Å². The van der Waals surface area contributed by atoms with Crippen molar-refractivity contribution in [3.8, 4) is 5.75 Å². The first kappa shape index (κ1) is 18.0. The molecule has 1 fully saturated rings. The van der Waals surface area contributed by atoms with E-state index in [9.17, 15) is 0 Å². The smallest absolute Gasteiger partial charge is 0.124 e. The number of aryl methyl sites for hydroxylation is 1. The molecule has 0 atom stereocenters. The van der Waals surface area contributed by atoms with E-state index in [4.69, 9.17) is 4.74 Å². The maximum Gasteiger partial charge on any atom is 0.124 e. The zero-order chi connectivity index (χ0) is 17.3. The molecule has 0 spiro atoms. The molecule has 2 aromatic rings. The van der Waals surface area contributed by atoms with Crippen molar-refractivity contribution in [3.05, 3.63) is 65.2 Å². The molecule has 0 bridgehead atoms. The molecule has 0 radical (unpaired) electrons. The van der Waals surface area contributed by atoms with E-state index in [0.29, 0.717) is 12.6 Å². The third-order valence-electron chi connectivity index (χ3n) is 5.30. The van der Waals surface area contributed by atoms with Crippen LogP contribution in [0.15, 0.2) is 48.5 Å². The first-order chi connectivity index (χ1) is 12.3. The Morgan fingerprint density at radius 1 is 0.840 bits per heavy atom. The molecule has 0 heterocycles. The molecule has 0 aliphatic heterocycles. The molecule has 1 N–H and O–H groups in total. The minimum atomic E-state index is 0.632. The molecule has 0 aromatic heterocycles. The molecule has 0 saturated heterocycles. The van der Waals surface area contributed by atoms with Gasteiger partial charge in [0.2, 0.25) is 0 Å². The summed E-state index contributed by atoms with van der Waals surface area (Å²) < 4.78 is 6.15. The molecule has 1 saturated carbocycles. The monoisotopic (exact) mass is 337 g/mol. The number of para-hydroxylation sites is 1. The Bertz CT molecular complexity index is 644. The van der Waals surface area contributed by atoms with Crippen molar-refractivity contribution >= 4 is 0 Å². The molecule has 1 aliphatic rings. The lowest BCUT2D eigenvalue weighted by atomic mass is 9.96. The van der Waals surface area contributed by atoms with Crippen LogP contribution in [-0.4, -0.2) is 6.04 Å². The minimum absolute atomic E-state index is 0.632. The number of rotatable bonds is 6. The van der Waals surface area contributed by atoms with Crippen LogP contribution in [0.4, 0.5) is 0 Å². The van der Waals surface area contributed by atoms with Crippen molar-refractivity contribution in [2.45, 2.75) is 71.1 Å². The zero-order valence-corrected chi connectivity index (χ0v) is 15.5. The Labute approximate surface area is 152 Å². The highest BCUT2D eigenvalue weighted by molar-refractivity contribution is 5.34. The summed E-state index contributed by atoms with van der Waals surface area (Å²) in [7, 11) is 0. The van der Waals surface area contributed by atoms with Crippen molar-refractivity contribution in [1.29, 1.82) is 0 Å². The molecular weight excluding hydrogens is 306 g/mol. The van der Waals surface area contributed by atoms with Gasteiger partial charge in [0, 0.05) is 18.2 Å². The van der Waals surface area contributed by atoms with E-state index in [2.05, 4.69) is 60.8 Å². The number of benzene rings is 2. The van der Waals surface area contributed by atoms with Crippen LogP contribution < -0.4 is 10.1 Å². The van der Waals surface area contributed by atoms with Crippen LogP contribution in [-0.2, 0) is 13.2 Å². The van der Waals surface area contributed by atoms with Crippen LogP contribution in [0.2, 0.25) is 0 Å². The van der Waals surface area contributed by atoms with E-state index in [0.717, 1.165) is 12.3 Å². The molecule has 2 aromatic carbocycles. The Morgan fingerprint density at radius 3 is 2.24 bits per heavy atom. The van der Waals surface area contributed by atoms with Gasteiger partial charge in [-0.05, 0) is 37.0 Å². The summed E-state index contributed by atoms with van der Waals surface area (Å²) in [6, 6.07) is 17.5. The molecule has 0 amide bonds. The van der Waals surface area contributed by atoms with Gasteiger partial charge in [-0.3, -0.25) is 0 Å². The van der Waals surface area contributed by atoms with Gasteiger partial charge in [0.15, 0.2) is 0 Å². The van der Waals surface area contributed by atoms with E-state index >= 15 is 0 Å². The third-order valence-corrected chi connectivity index (χ3v) is 5.30. The molecule has 3 rings (SSSR count). The van der Waals surface area contributed by atoms with Gasteiger partial charge in [-0.25, -0.2) is 0 Å². The van der Waals surface area contributed by atoms with Crippen LogP contribution in [0.25, 0.3) is 0 Å². The predicted molar refractivity (Wildman–Crippen MR) is 105 cm³/mol. The lowest BCUT2D eigenvalue weighted by molar-refractivity contribution is 0.299. The molecule has 2 heteroatoms. The quantitative estimate of drug-likeness (QED) is 0.722. The fourth-order valence-corrected chi connectivity index (χ4v) is 3.63. The Morgan fingerprint density at radius 2 is 1.48 bits per heavy atom. The van der Waals surface area contributed by atoms with Gasteiger partial charge >= 0.3 is 0 Å². The number of hydrogen-bond acceptors (Lipinski definition) is 2. The summed E-state index contributed by atoms with van der Waals surface area (Å²) in [6.45, 7) is 3.67. The van der Waals surface area contributed by atoms with Crippen LogP contribution in [0.5, 0.6) is 5.75 Å². The van der Waals surface area contributed by atoms with Crippen molar-refractivity contribution in [2.24, 2.45) is 0 Å². The average Bonchev–Trinajstić information content (AvgIpc) is 2.61. The first-order valence-corrected chi connectivity index (χ1v) is 9.81. The van der Waals surface area contributed by atoms with E-state index in [1.165, 1.54) is 61.6 Å². The van der Waals surface area contributed by atoms with Crippen molar-refractivity contribution in [3.63, 3.8) is 0 Å². The molecule has 2 nitrogen and oxygen atoms in total. The average molecular weight is 338 g/mol. The van der Waals surface area contributed by atoms with Gasteiger partial charge in [0.1, 0.15) is 12.4 Å². The van der Waals surface area contributed by atoms with Crippen molar-refractivity contribution < 1.29 is 4.74 Å². The van der Waals surface area contributed by atoms with E-state index < -0.39 is 0 Å². The summed E-state index contributed by atoms with van der Waals surface area (Å²) in [5.74, 6) is 1.00. The molecule has 0 unspecified atom stereocenters. The second kappa shape index (κ2) is 9.62. The maximum atomic E-state index is 6.15. The fraction of sp³-hybridized carbons (Fsp3) is 0.478. The van der Waals surface area contributed by atoms with E-state index in [-0.39, 0.29) is 0 Å². The van der Waals surface area contributed by atoms with Gasteiger partial charge in [-0.2, -0.15) is 0 Å². The number of ether oxygens (including phenoxy) is 1. The SMILES string of the molecule is Cc1ccccc1COc1ccccc1CNC1CCCCCCC1. The number of nitrogens with one attached hydrogen (secondary N) is 1. The standard InChI is InChI=1S/C23H31NO/c1-19-11-7-8-13-21(19)18-25-23-16-10-9-12-20(23)17-24-22-14-5-3-2-4-6-15-22/h7-13,16,22,24H,2-6,14-15,17-18H2,1H3.